The highest BCUT2D eigenvalue weighted by Crippen LogP contribution is 2.19. The van der Waals surface area contributed by atoms with Gasteiger partial charge in [-0.1, -0.05) is 0 Å². The van der Waals surface area contributed by atoms with Gasteiger partial charge in [0.05, 0.1) is 19.6 Å². The topological polar surface area (TPSA) is 128 Å². The monoisotopic (exact) mass is 347 g/mol. The lowest BCUT2D eigenvalue weighted by atomic mass is 9.92. The lowest BCUT2D eigenvalue weighted by Crippen LogP contribution is -2.63. The summed E-state index contributed by atoms with van der Waals surface area (Å²) in [5.74, 6) is -3.20. The Morgan fingerprint density at radius 2 is 1.42 bits per heavy atom. The minimum Gasteiger partial charge on any atom is -0.464 e. The number of alkyl carbamates (subject to hydrolysis) is 1. The number of aliphatic hydroxyl groups is 1. The van der Waals surface area contributed by atoms with Gasteiger partial charge in [0.2, 0.25) is 5.54 Å². The zero-order valence-electron chi connectivity index (χ0n) is 14.6. The molecule has 9 nitrogen and oxygen atoms in total. The van der Waals surface area contributed by atoms with Gasteiger partial charge in [-0.25, -0.2) is 14.4 Å². The van der Waals surface area contributed by atoms with E-state index < -0.39 is 48.0 Å². The van der Waals surface area contributed by atoms with Gasteiger partial charge in [0.15, 0.2) is 5.78 Å². The Bertz CT molecular complexity index is 462. The number of carbonyl (C=O) groups is 4. The Balaban J connectivity index is 5.78. The van der Waals surface area contributed by atoms with Crippen LogP contribution in [0.25, 0.3) is 0 Å². The summed E-state index contributed by atoms with van der Waals surface area (Å²) < 4.78 is 14.6. The largest absolute Gasteiger partial charge is 0.464 e. The smallest absolute Gasteiger partial charge is 0.409 e. The van der Waals surface area contributed by atoms with Crippen LogP contribution in [0.5, 0.6) is 0 Å². The number of rotatable bonds is 8. The molecule has 9 heteroatoms. The third-order valence-electron chi connectivity index (χ3n) is 2.60. The number of hydrogen-bond donors (Lipinski definition) is 2. The van der Waals surface area contributed by atoms with Crippen LogP contribution in [0.4, 0.5) is 4.79 Å². The summed E-state index contributed by atoms with van der Waals surface area (Å²) >= 11 is 0. The minimum absolute atomic E-state index is 0.0939. The van der Waals surface area contributed by atoms with Gasteiger partial charge in [0.1, 0.15) is 12.2 Å². The zero-order chi connectivity index (χ0) is 19.0. The second-order valence-electron chi connectivity index (χ2n) is 5.85. The van der Waals surface area contributed by atoms with E-state index in [-0.39, 0.29) is 13.2 Å². The van der Waals surface area contributed by atoms with Crippen LogP contribution >= 0.6 is 0 Å². The van der Waals surface area contributed by atoms with Crippen molar-refractivity contribution in [1.82, 2.24) is 5.32 Å². The van der Waals surface area contributed by atoms with Crippen molar-refractivity contribution in [3.8, 4) is 0 Å². The second-order valence-corrected chi connectivity index (χ2v) is 5.85. The van der Waals surface area contributed by atoms with Gasteiger partial charge in [-0.2, -0.15) is 0 Å². The molecule has 138 valence electrons. The van der Waals surface area contributed by atoms with Crippen LogP contribution in [0.15, 0.2) is 0 Å². The Morgan fingerprint density at radius 1 is 0.958 bits per heavy atom. The maximum absolute atomic E-state index is 12.3. The summed E-state index contributed by atoms with van der Waals surface area (Å²) in [5, 5.41) is 11.0. The van der Waals surface area contributed by atoms with Crippen LogP contribution in [0, 0.1) is 0 Å². The second kappa shape index (κ2) is 9.21. The van der Waals surface area contributed by atoms with Crippen molar-refractivity contribution in [1.29, 1.82) is 0 Å². The molecule has 0 bridgehead atoms. The van der Waals surface area contributed by atoms with Crippen molar-refractivity contribution in [3.63, 3.8) is 0 Å². The van der Waals surface area contributed by atoms with Crippen LogP contribution in [-0.2, 0) is 28.6 Å². The molecule has 0 unspecified atom stereocenters. The number of carbonyl (C=O) groups excluding carboxylic acids is 4. The van der Waals surface area contributed by atoms with Crippen molar-refractivity contribution in [2.45, 2.75) is 52.2 Å². The van der Waals surface area contributed by atoms with Gasteiger partial charge in [-0.05, 0) is 34.6 Å². The summed E-state index contributed by atoms with van der Waals surface area (Å²) in [7, 11) is 0. The summed E-state index contributed by atoms with van der Waals surface area (Å²) in [4.78, 5) is 48.3. The predicted octanol–water partition coefficient (Wildman–Crippen LogP) is 0.328. The molecule has 24 heavy (non-hydrogen) atoms. The van der Waals surface area contributed by atoms with Crippen molar-refractivity contribution < 1.29 is 38.5 Å². The van der Waals surface area contributed by atoms with Crippen molar-refractivity contribution in [2.75, 3.05) is 19.8 Å². The van der Waals surface area contributed by atoms with E-state index in [1.165, 1.54) is 13.8 Å². The van der Waals surface area contributed by atoms with Gasteiger partial charge in [-0.15, -0.1) is 0 Å². The predicted molar refractivity (Wildman–Crippen MR) is 82.1 cm³/mol. The molecule has 0 fully saturated rings. The Kier molecular flexibility index (Phi) is 8.38. The lowest BCUT2D eigenvalue weighted by molar-refractivity contribution is -0.168. The average Bonchev–Trinajstić information content (AvgIpc) is 2.44. The van der Waals surface area contributed by atoms with Crippen LogP contribution in [0.3, 0.4) is 0 Å². The normalized spacial score (nSPS) is 11.4. The first-order valence-electron chi connectivity index (χ1n) is 7.50. The third-order valence-corrected chi connectivity index (χ3v) is 2.60. The van der Waals surface area contributed by atoms with Crippen LogP contribution in [-0.4, -0.2) is 59.9 Å². The van der Waals surface area contributed by atoms with E-state index in [4.69, 9.17) is 19.3 Å². The maximum Gasteiger partial charge on any atom is 0.409 e. The SMILES string of the molecule is CCOC(=O)C(CC(=O)CO)(NC(=O)OC(C)(C)C)C(=O)OCC. The van der Waals surface area contributed by atoms with Crippen LogP contribution in [0.2, 0.25) is 0 Å². The first-order valence-corrected chi connectivity index (χ1v) is 7.50. The maximum atomic E-state index is 12.3. The molecule has 0 aromatic heterocycles. The molecular weight excluding hydrogens is 322 g/mol. The molecule has 2 N–H and O–H groups in total. The number of hydrogen-bond acceptors (Lipinski definition) is 8. The lowest BCUT2D eigenvalue weighted by Gasteiger charge is -2.30. The third kappa shape index (κ3) is 6.53. The fraction of sp³-hybridized carbons (Fsp3) is 0.733. The van der Waals surface area contributed by atoms with Crippen molar-refractivity contribution in [2.24, 2.45) is 0 Å². The summed E-state index contributed by atoms with van der Waals surface area (Å²) in [5.41, 5.74) is -3.33. The Hall–Kier alpha value is -2.16. The van der Waals surface area contributed by atoms with Crippen LogP contribution < -0.4 is 5.32 Å². The first-order chi connectivity index (χ1) is 11.0. The van der Waals surface area contributed by atoms with E-state index in [0.29, 0.717) is 0 Å². The number of ketones is 1. The molecule has 0 spiro atoms. The molecular formula is C15H25NO8. The first kappa shape index (κ1) is 21.8. The fourth-order valence-corrected chi connectivity index (χ4v) is 1.71. The highest BCUT2D eigenvalue weighted by Gasteiger charge is 2.52. The molecule has 0 aliphatic carbocycles. The molecule has 0 rings (SSSR count). The molecule has 0 radical (unpaired) electrons. The van der Waals surface area contributed by atoms with E-state index in [1.807, 2.05) is 0 Å². The Morgan fingerprint density at radius 3 is 1.75 bits per heavy atom. The van der Waals surface area contributed by atoms with Gasteiger partial charge in [-0.3, -0.25) is 10.1 Å². The van der Waals surface area contributed by atoms with Crippen molar-refractivity contribution in [3.05, 3.63) is 0 Å². The van der Waals surface area contributed by atoms with E-state index in [0.717, 1.165) is 0 Å². The van der Waals surface area contributed by atoms with E-state index in [9.17, 15) is 19.2 Å². The number of nitrogens with one attached hydrogen (secondary N) is 1. The fourth-order valence-electron chi connectivity index (χ4n) is 1.71. The highest BCUT2D eigenvalue weighted by atomic mass is 16.6. The molecule has 0 aliphatic rings. The number of ether oxygens (including phenoxy) is 3. The average molecular weight is 347 g/mol. The number of amides is 1. The van der Waals surface area contributed by atoms with Gasteiger partial charge in [0, 0.05) is 0 Å². The quantitative estimate of drug-likeness (QED) is 0.365. The van der Waals surface area contributed by atoms with E-state index in [1.54, 1.807) is 20.8 Å². The molecule has 0 saturated heterocycles. The van der Waals surface area contributed by atoms with E-state index in [2.05, 4.69) is 5.32 Å². The molecule has 0 saturated carbocycles. The molecule has 0 aromatic carbocycles. The minimum atomic E-state index is -2.42. The number of aliphatic hydroxyl groups excluding tert-OH is 1. The molecule has 0 aromatic rings. The highest BCUT2D eigenvalue weighted by molar-refractivity contribution is 6.10. The van der Waals surface area contributed by atoms with Crippen LogP contribution in [0.1, 0.15) is 41.0 Å². The van der Waals surface area contributed by atoms with E-state index >= 15 is 0 Å². The van der Waals surface area contributed by atoms with Gasteiger partial charge >= 0.3 is 18.0 Å². The number of esters is 2. The molecule has 1 amide bonds. The summed E-state index contributed by atoms with van der Waals surface area (Å²) in [6.45, 7) is 6.64. The summed E-state index contributed by atoms with van der Waals surface area (Å²) in [6, 6.07) is 0. The Labute approximate surface area is 140 Å². The van der Waals surface area contributed by atoms with Crippen molar-refractivity contribution >= 4 is 23.8 Å². The summed E-state index contributed by atoms with van der Waals surface area (Å²) in [6.07, 6.45) is -1.92. The molecule has 0 atom stereocenters. The zero-order valence-corrected chi connectivity index (χ0v) is 14.6. The standard InChI is InChI=1S/C15H25NO8/c1-6-22-11(19)15(8-10(18)9-17,12(20)23-7-2)16-13(21)24-14(3,4)5/h17H,6-9H2,1-5H3,(H,16,21). The van der Waals surface area contributed by atoms with Gasteiger partial charge in [0.25, 0.3) is 0 Å². The number of Topliss-reactive ketones (excluding diaryl/α,β-unsaturated/α-hetero) is 1. The van der Waals surface area contributed by atoms with Gasteiger partial charge < -0.3 is 19.3 Å². The molecule has 0 heterocycles. The molecule has 0 aliphatic heterocycles.